The summed E-state index contributed by atoms with van der Waals surface area (Å²) >= 11 is 0. The Morgan fingerprint density at radius 2 is 1.90 bits per heavy atom. The fourth-order valence-corrected chi connectivity index (χ4v) is 3.40. The van der Waals surface area contributed by atoms with E-state index in [4.69, 9.17) is 4.42 Å². The Labute approximate surface area is 123 Å². The van der Waals surface area contributed by atoms with E-state index in [1.165, 1.54) is 18.6 Å². The van der Waals surface area contributed by atoms with Crippen LogP contribution in [0.1, 0.15) is 22.8 Å². The van der Waals surface area contributed by atoms with E-state index in [1.807, 2.05) is 6.92 Å². The lowest BCUT2D eigenvalue weighted by Gasteiger charge is -2.13. The molecule has 0 saturated carbocycles. The summed E-state index contributed by atoms with van der Waals surface area (Å²) in [4.78, 5) is 12.1. The third-order valence-electron chi connectivity index (χ3n) is 3.01. The van der Waals surface area contributed by atoms with Crippen molar-refractivity contribution < 1.29 is 17.6 Å². The maximum atomic E-state index is 12.3. The third kappa shape index (κ3) is 3.95. The predicted octanol–water partition coefficient (Wildman–Crippen LogP) is 2.18. The molecule has 0 unspecified atom stereocenters. The molecule has 0 aliphatic rings. The zero-order valence-electron chi connectivity index (χ0n) is 11.9. The molecule has 1 amide bonds. The van der Waals surface area contributed by atoms with E-state index in [0.29, 0.717) is 5.56 Å². The zero-order chi connectivity index (χ0) is 15.5. The summed E-state index contributed by atoms with van der Waals surface area (Å²) in [6.45, 7) is 3.55. The first-order valence-corrected chi connectivity index (χ1v) is 8.16. The summed E-state index contributed by atoms with van der Waals surface area (Å²) in [6, 6.07) is 7.68. The van der Waals surface area contributed by atoms with Crippen molar-refractivity contribution in [1.82, 2.24) is 5.32 Å². The van der Waals surface area contributed by atoms with Gasteiger partial charge in [-0.25, -0.2) is 8.42 Å². The Kier molecular flexibility index (Phi) is 4.47. The van der Waals surface area contributed by atoms with Gasteiger partial charge < -0.3 is 9.73 Å². The SMILES string of the molecule is Cc1ccc(S(=O)(=O)C[C@@H](C)NC(=O)c2ccoc2)cc1. The van der Waals surface area contributed by atoms with Crippen molar-refractivity contribution in [3.8, 4) is 0 Å². The number of sulfone groups is 1. The van der Waals surface area contributed by atoms with Crippen molar-refractivity contribution in [2.24, 2.45) is 0 Å². The Bertz CT molecular complexity index is 703. The molecule has 1 aromatic carbocycles. The van der Waals surface area contributed by atoms with Crippen LogP contribution in [0.3, 0.4) is 0 Å². The monoisotopic (exact) mass is 307 g/mol. The number of aryl methyl sites for hydroxylation is 1. The van der Waals surface area contributed by atoms with Crippen molar-refractivity contribution in [1.29, 1.82) is 0 Å². The molecule has 0 fully saturated rings. The summed E-state index contributed by atoms with van der Waals surface area (Å²) in [7, 11) is -3.43. The highest BCUT2D eigenvalue weighted by Gasteiger charge is 2.20. The molecule has 0 radical (unpaired) electrons. The van der Waals surface area contributed by atoms with Gasteiger partial charge in [0.25, 0.3) is 5.91 Å². The summed E-state index contributed by atoms with van der Waals surface area (Å²) in [5, 5.41) is 2.64. The largest absolute Gasteiger partial charge is 0.472 e. The van der Waals surface area contributed by atoms with E-state index in [9.17, 15) is 13.2 Å². The Morgan fingerprint density at radius 1 is 1.24 bits per heavy atom. The molecule has 0 aliphatic carbocycles. The zero-order valence-corrected chi connectivity index (χ0v) is 12.7. The number of carbonyl (C=O) groups excluding carboxylic acids is 1. The highest BCUT2D eigenvalue weighted by molar-refractivity contribution is 7.91. The van der Waals surface area contributed by atoms with Gasteiger partial charge in [-0.05, 0) is 32.0 Å². The van der Waals surface area contributed by atoms with E-state index >= 15 is 0 Å². The first kappa shape index (κ1) is 15.3. The predicted molar refractivity (Wildman–Crippen MR) is 78.9 cm³/mol. The van der Waals surface area contributed by atoms with Gasteiger partial charge in [0.05, 0.1) is 22.5 Å². The number of hydrogen-bond acceptors (Lipinski definition) is 4. The minimum Gasteiger partial charge on any atom is -0.472 e. The van der Waals surface area contributed by atoms with Crippen LogP contribution in [0, 0.1) is 6.92 Å². The number of rotatable bonds is 5. The molecule has 1 aromatic heterocycles. The lowest BCUT2D eigenvalue weighted by atomic mass is 10.2. The maximum absolute atomic E-state index is 12.3. The van der Waals surface area contributed by atoms with Crippen LogP contribution in [0.5, 0.6) is 0 Å². The molecule has 112 valence electrons. The van der Waals surface area contributed by atoms with Crippen molar-refractivity contribution in [3.05, 3.63) is 54.0 Å². The van der Waals surface area contributed by atoms with Gasteiger partial charge in [0.2, 0.25) is 0 Å². The molecule has 1 heterocycles. The second kappa shape index (κ2) is 6.13. The quantitative estimate of drug-likeness (QED) is 0.918. The molecule has 21 heavy (non-hydrogen) atoms. The van der Waals surface area contributed by atoms with E-state index in [2.05, 4.69) is 5.32 Å². The van der Waals surface area contributed by atoms with Crippen molar-refractivity contribution in [2.75, 3.05) is 5.75 Å². The average molecular weight is 307 g/mol. The van der Waals surface area contributed by atoms with Gasteiger partial charge in [0.15, 0.2) is 9.84 Å². The van der Waals surface area contributed by atoms with Crippen LogP contribution < -0.4 is 5.32 Å². The average Bonchev–Trinajstić information content (AvgIpc) is 2.92. The molecule has 6 heteroatoms. The van der Waals surface area contributed by atoms with Crippen molar-refractivity contribution >= 4 is 15.7 Å². The number of amides is 1. The van der Waals surface area contributed by atoms with Gasteiger partial charge >= 0.3 is 0 Å². The van der Waals surface area contributed by atoms with Crippen LogP contribution in [0.15, 0.2) is 52.2 Å². The van der Waals surface area contributed by atoms with Crippen LogP contribution in [-0.2, 0) is 9.84 Å². The number of nitrogens with one attached hydrogen (secondary N) is 1. The molecular weight excluding hydrogens is 290 g/mol. The lowest BCUT2D eigenvalue weighted by molar-refractivity contribution is 0.0943. The normalized spacial score (nSPS) is 12.9. The molecule has 5 nitrogen and oxygen atoms in total. The van der Waals surface area contributed by atoms with E-state index < -0.39 is 15.9 Å². The fraction of sp³-hybridized carbons (Fsp3) is 0.267. The van der Waals surface area contributed by atoms with Crippen molar-refractivity contribution in [2.45, 2.75) is 24.8 Å². The summed E-state index contributed by atoms with van der Waals surface area (Å²) in [5.74, 6) is -0.505. The van der Waals surface area contributed by atoms with Crippen LogP contribution in [-0.4, -0.2) is 26.1 Å². The minimum atomic E-state index is -3.43. The second-order valence-corrected chi connectivity index (χ2v) is 7.02. The highest BCUT2D eigenvalue weighted by atomic mass is 32.2. The summed E-state index contributed by atoms with van der Waals surface area (Å²) in [5.41, 5.74) is 1.37. The number of hydrogen-bond donors (Lipinski definition) is 1. The standard InChI is InChI=1S/C15H17NO4S/c1-11-3-5-14(6-4-11)21(18,19)10-12(2)16-15(17)13-7-8-20-9-13/h3-9,12H,10H2,1-2H3,(H,16,17)/t12-/m1/s1. The van der Waals surface area contributed by atoms with E-state index in [-0.39, 0.29) is 16.6 Å². The number of carbonyl (C=O) groups is 1. The Balaban J connectivity index is 2.03. The van der Waals surface area contributed by atoms with Gasteiger partial charge in [-0.15, -0.1) is 0 Å². The van der Waals surface area contributed by atoms with Gasteiger partial charge in [-0.1, -0.05) is 17.7 Å². The van der Waals surface area contributed by atoms with Crippen LogP contribution in [0.25, 0.3) is 0 Å². The van der Waals surface area contributed by atoms with Gasteiger partial charge in [0, 0.05) is 6.04 Å². The second-order valence-electron chi connectivity index (χ2n) is 4.98. The number of furan rings is 1. The molecule has 0 spiro atoms. The number of benzene rings is 1. The van der Waals surface area contributed by atoms with E-state index in [0.717, 1.165) is 5.56 Å². The molecule has 2 aromatic rings. The molecule has 0 saturated heterocycles. The third-order valence-corrected chi connectivity index (χ3v) is 4.94. The van der Waals surface area contributed by atoms with Crippen LogP contribution in [0.4, 0.5) is 0 Å². The molecule has 0 bridgehead atoms. The molecular formula is C15H17NO4S. The topological polar surface area (TPSA) is 76.4 Å². The summed E-state index contributed by atoms with van der Waals surface area (Å²) < 4.78 is 29.3. The maximum Gasteiger partial charge on any atom is 0.254 e. The summed E-state index contributed by atoms with van der Waals surface area (Å²) in [6.07, 6.45) is 2.71. The van der Waals surface area contributed by atoms with Crippen molar-refractivity contribution in [3.63, 3.8) is 0 Å². The van der Waals surface area contributed by atoms with Crippen LogP contribution in [0.2, 0.25) is 0 Å². The first-order valence-electron chi connectivity index (χ1n) is 6.51. The Morgan fingerprint density at radius 3 is 2.48 bits per heavy atom. The smallest absolute Gasteiger partial charge is 0.254 e. The van der Waals surface area contributed by atoms with E-state index in [1.54, 1.807) is 31.2 Å². The molecule has 1 N–H and O–H groups in total. The highest BCUT2D eigenvalue weighted by Crippen LogP contribution is 2.13. The minimum absolute atomic E-state index is 0.153. The molecule has 1 atom stereocenters. The molecule has 2 rings (SSSR count). The van der Waals surface area contributed by atoms with Gasteiger partial charge in [-0.2, -0.15) is 0 Å². The van der Waals surface area contributed by atoms with Gasteiger partial charge in [0.1, 0.15) is 6.26 Å². The fourth-order valence-electron chi connectivity index (χ4n) is 1.91. The Hall–Kier alpha value is -2.08. The molecule has 0 aliphatic heterocycles. The van der Waals surface area contributed by atoms with Crippen LogP contribution >= 0.6 is 0 Å². The van der Waals surface area contributed by atoms with Gasteiger partial charge in [-0.3, -0.25) is 4.79 Å². The first-order chi connectivity index (χ1) is 9.88. The lowest BCUT2D eigenvalue weighted by Crippen LogP contribution is -2.37.